The number of thiophene rings is 1. The average Bonchev–Trinajstić information content (AvgIpc) is 3.58. The van der Waals surface area contributed by atoms with Gasteiger partial charge in [-0.15, -0.1) is 11.3 Å². The molecule has 0 unspecified atom stereocenters. The van der Waals surface area contributed by atoms with Crippen LogP contribution < -0.4 is 0 Å². The predicted molar refractivity (Wildman–Crippen MR) is 147 cm³/mol. The average molecular weight is 478 g/mol. The standard InChI is InChI=1S/C33H19NOS/c1-3-7-23-21(5-1)28-22-6-2-4-8-24(22)29(23)33-30(28)25-13-15-34-31(32(25)35-33)19-10-9-18-11-12-27-20(14-16-36-27)26(18)17-19/h1-17,28-29H. The van der Waals surface area contributed by atoms with Crippen LogP contribution >= 0.6 is 11.3 Å². The molecular weight excluding hydrogens is 458 g/mol. The van der Waals surface area contributed by atoms with E-state index in [0.717, 1.165) is 22.6 Å². The Morgan fingerprint density at radius 2 is 1.39 bits per heavy atom. The molecule has 7 aromatic rings. The highest BCUT2D eigenvalue weighted by Gasteiger charge is 2.45. The van der Waals surface area contributed by atoms with Gasteiger partial charge in [0, 0.05) is 38.7 Å². The van der Waals surface area contributed by atoms with Gasteiger partial charge in [-0.2, -0.15) is 0 Å². The Morgan fingerprint density at radius 3 is 2.17 bits per heavy atom. The molecule has 2 bridgehead atoms. The van der Waals surface area contributed by atoms with Crippen LogP contribution in [0, 0.1) is 0 Å². The van der Waals surface area contributed by atoms with Crippen LogP contribution in [0.3, 0.4) is 0 Å². The number of pyridine rings is 1. The van der Waals surface area contributed by atoms with Gasteiger partial charge in [0.1, 0.15) is 11.5 Å². The lowest BCUT2D eigenvalue weighted by atomic mass is 9.63. The molecule has 0 atom stereocenters. The van der Waals surface area contributed by atoms with Gasteiger partial charge in [0.15, 0.2) is 5.58 Å². The van der Waals surface area contributed by atoms with Crippen LogP contribution in [0.4, 0.5) is 0 Å². The maximum atomic E-state index is 6.85. The van der Waals surface area contributed by atoms with E-state index < -0.39 is 0 Å². The summed E-state index contributed by atoms with van der Waals surface area (Å²) in [6.07, 6.45) is 1.95. The molecule has 3 aromatic heterocycles. The van der Waals surface area contributed by atoms with Crippen LogP contribution in [0.15, 0.2) is 107 Å². The van der Waals surface area contributed by atoms with E-state index in [4.69, 9.17) is 9.40 Å². The highest BCUT2D eigenvalue weighted by Crippen LogP contribution is 2.58. The van der Waals surface area contributed by atoms with E-state index in [2.05, 4.69) is 96.4 Å². The monoisotopic (exact) mass is 477 g/mol. The molecule has 0 amide bonds. The first-order valence-corrected chi connectivity index (χ1v) is 13.2. The lowest BCUT2D eigenvalue weighted by molar-refractivity contribution is 0.512. The zero-order chi connectivity index (χ0) is 23.4. The van der Waals surface area contributed by atoms with E-state index in [0.29, 0.717) is 0 Å². The first-order valence-electron chi connectivity index (χ1n) is 12.4. The van der Waals surface area contributed by atoms with E-state index >= 15 is 0 Å². The fourth-order valence-corrected chi connectivity index (χ4v) is 7.50. The normalized spacial score (nSPS) is 17.4. The summed E-state index contributed by atoms with van der Waals surface area (Å²) in [5.41, 5.74) is 9.78. The molecule has 2 nitrogen and oxygen atoms in total. The summed E-state index contributed by atoms with van der Waals surface area (Å²) in [4.78, 5) is 4.87. The molecule has 36 heavy (non-hydrogen) atoms. The summed E-state index contributed by atoms with van der Waals surface area (Å²) in [7, 11) is 0. The first kappa shape index (κ1) is 19.0. The summed E-state index contributed by atoms with van der Waals surface area (Å²) < 4.78 is 8.16. The van der Waals surface area contributed by atoms with Gasteiger partial charge in [-0.25, -0.2) is 0 Å². The molecule has 3 heterocycles. The molecule has 0 N–H and O–H groups in total. The Kier molecular flexibility index (Phi) is 3.55. The fourth-order valence-electron chi connectivity index (χ4n) is 6.70. The van der Waals surface area contributed by atoms with Gasteiger partial charge < -0.3 is 4.42 Å². The van der Waals surface area contributed by atoms with Crippen molar-refractivity contribution < 1.29 is 4.42 Å². The maximum absolute atomic E-state index is 6.85. The first-order chi connectivity index (χ1) is 17.9. The minimum absolute atomic E-state index is 0.125. The minimum Gasteiger partial charge on any atom is -0.457 e. The van der Waals surface area contributed by atoms with Gasteiger partial charge in [-0.1, -0.05) is 66.7 Å². The Labute approximate surface area is 211 Å². The Morgan fingerprint density at radius 1 is 0.667 bits per heavy atom. The molecule has 3 aliphatic carbocycles. The van der Waals surface area contributed by atoms with Crippen molar-refractivity contribution in [1.29, 1.82) is 0 Å². The summed E-state index contributed by atoms with van der Waals surface area (Å²) in [6, 6.07) is 33.2. The van der Waals surface area contributed by atoms with Gasteiger partial charge >= 0.3 is 0 Å². The van der Waals surface area contributed by atoms with Crippen LogP contribution in [0.5, 0.6) is 0 Å². The summed E-state index contributed by atoms with van der Waals surface area (Å²) >= 11 is 1.79. The molecule has 0 radical (unpaired) electrons. The second-order valence-electron chi connectivity index (χ2n) is 9.87. The zero-order valence-corrected chi connectivity index (χ0v) is 20.0. The lowest BCUT2D eigenvalue weighted by Crippen LogP contribution is -2.26. The summed E-state index contributed by atoms with van der Waals surface area (Å²) in [6.45, 7) is 0. The number of fused-ring (bicyclic) bond motifs is 4. The van der Waals surface area contributed by atoms with Crippen LogP contribution in [0.2, 0.25) is 0 Å². The number of hydrogen-bond acceptors (Lipinski definition) is 3. The van der Waals surface area contributed by atoms with Gasteiger partial charge in [0.2, 0.25) is 0 Å². The van der Waals surface area contributed by atoms with Gasteiger partial charge in [-0.3, -0.25) is 4.98 Å². The largest absolute Gasteiger partial charge is 0.457 e. The molecule has 4 aromatic carbocycles. The van der Waals surface area contributed by atoms with Gasteiger partial charge in [0.05, 0.1) is 5.92 Å². The van der Waals surface area contributed by atoms with E-state index in [-0.39, 0.29) is 11.8 Å². The molecule has 3 aliphatic rings. The van der Waals surface area contributed by atoms with Crippen molar-refractivity contribution in [2.45, 2.75) is 11.8 Å². The van der Waals surface area contributed by atoms with Gasteiger partial charge in [-0.05, 0) is 62.7 Å². The van der Waals surface area contributed by atoms with Crippen molar-refractivity contribution in [2.24, 2.45) is 0 Å². The third kappa shape index (κ3) is 2.29. The van der Waals surface area contributed by atoms with E-state index in [1.165, 1.54) is 54.1 Å². The van der Waals surface area contributed by atoms with E-state index in [1.807, 2.05) is 6.20 Å². The maximum Gasteiger partial charge on any atom is 0.160 e. The topological polar surface area (TPSA) is 26.0 Å². The summed E-state index contributed by atoms with van der Waals surface area (Å²) in [5, 5.41) is 7.17. The Balaban J connectivity index is 1.33. The molecule has 0 aliphatic heterocycles. The van der Waals surface area contributed by atoms with Crippen molar-refractivity contribution in [3.63, 3.8) is 0 Å². The number of hydrogen-bond donors (Lipinski definition) is 0. The van der Waals surface area contributed by atoms with Crippen LogP contribution in [0.25, 0.3) is 43.1 Å². The van der Waals surface area contributed by atoms with Gasteiger partial charge in [0.25, 0.3) is 0 Å². The van der Waals surface area contributed by atoms with Crippen molar-refractivity contribution in [3.05, 3.63) is 136 Å². The van der Waals surface area contributed by atoms with Crippen LogP contribution in [-0.2, 0) is 0 Å². The minimum atomic E-state index is 0.125. The van der Waals surface area contributed by atoms with E-state index in [1.54, 1.807) is 11.3 Å². The van der Waals surface area contributed by atoms with Crippen LogP contribution in [-0.4, -0.2) is 4.98 Å². The third-order valence-corrected chi connectivity index (χ3v) is 9.07. The molecule has 0 fully saturated rings. The molecule has 0 saturated carbocycles. The predicted octanol–water partition coefficient (Wildman–Crippen LogP) is 8.85. The van der Waals surface area contributed by atoms with Crippen molar-refractivity contribution >= 4 is 43.2 Å². The van der Waals surface area contributed by atoms with E-state index in [9.17, 15) is 0 Å². The summed E-state index contributed by atoms with van der Waals surface area (Å²) in [5.74, 6) is 1.40. The number of aromatic nitrogens is 1. The zero-order valence-electron chi connectivity index (χ0n) is 19.2. The molecule has 0 spiro atoms. The Bertz CT molecular complexity index is 1980. The quantitative estimate of drug-likeness (QED) is 0.236. The second kappa shape index (κ2) is 6.71. The second-order valence-corrected chi connectivity index (χ2v) is 10.8. The van der Waals surface area contributed by atoms with Crippen LogP contribution in [0.1, 0.15) is 45.4 Å². The molecule has 0 saturated heterocycles. The van der Waals surface area contributed by atoms with Crippen molar-refractivity contribution in [2.75, 3.05) is 0 Å². The van der Waals surface area contributed by atoms with Crippen molar-refractivity contribution in [3.8, 4) is 11.3 Å². The lowest BCUT2D eigenvalue weighted by Gasteiger charge is -2.39. The number of benzene rings is 4. The molecule has 10 rings (SSSR count). The molecular formula is C33H19NOS. The van der Waals surface area contributed by atoms with Crippen molar-refractivity contribution in [1.82, 2.24) is 4.98 Å². The number of furan rings is 1. The fraction of sp³-hybridized carbons (Fsp3) is 0.0606. The SMILES string of the molecule is c1ccc2c(c1)C1c3ccccc3C2c2c1oc1c(-c3ccc4ccc5sccc5c4c3)nccc21. The molecule has 168 valence electrons. The molecule has 3 heteroatoms. The number of nitrogens with zero attached hydrogens (tertiary/aromatic N) is 1. The number of rotatable bonds is 1. The smallest absolute Gasteiger partial charge is 0.160 e. The third-order valence-electron chi connectivity index (χ3n) is 8.19. The highest BCUT2D eigenvalue weighted by atomic mass is 32.1. The Hall–Kier alpha value is -4.21. The highest BCUT2D eigenvalue weighted by molar-refractivity contribution is 7.17.